The molecule has 1 saturated heterocycles. The van der Waals surface area contributed by atoms with Gasteiger partial charge in [0.15, 0.2) is 17.3 Å². The minimum atomic E-state index is -0.102. The number of carbonyl (C=O) groups excluding carboxylic acids is 2. The van der Waals surface area contributed by atoms with Crippen molar-refractivity contribution in [3.63, 3.8) is 0 Å². The highest BCUT2D eigenvalue weighted by Gasteiger charge is 2.27. The maximum Gasteiger partial charge on any atom is 0.257 e. The first kappa shape index (κ1) is 20.5. The summed E-state index contributed by atoms with van der Waals surface area (Å²) in [6.07, 6.45) is 0. The van der Waals surface area contributed by atoms with E-state index >= 15 is 0 Å². The lowest BCUT2D eigenvalue weighted by molar-refractivity contribution is 0.0742. The molecule has 0 bridgehead atoms. The summed E-state index contributed by atoms with van der Waals surface area (Å²) in [6, 6.07) is 11.0. The van der Waals surface area contributed by atoms with Gasteiger partial charge in [-0.05, 0) is 43.3 Å². The minimum absolute atomic E-state index is 0.0517. The Morgan fingerprint density at radius 3 is 1.93 bits per heavy atom. The molecule has 0 saturated carbocycles. The standard InChI is InChI=1S/C22H26N2O5/c1-15(25)16-5-7-17(8-6-16)23-11-13-24(14-12-23)22(26)18-9-10-19(27-2)21(29-4)20(18)28-3/h5-10H,11-14H2,1-4H3. The van der Waals surface area contributed by atoms with Gasteiger partial charge < -0.3 is 24.0 Å². The van der Waals surface area contributed by atoms with Crippen LogP contribution in [-0.2, 0) is 0 Å². The van der Waals surface area contributed by atoms with Gasteiger partial charge >= 0.3 is 0 Å². The average molecular weight is 398 g/mol. The fraction of sp³-hybridized carbons (Fsp3) is 0.364. The second-order valence-electron chi connectivity index (χ2n) is 6.76. The summed E-state index contributed by atoms with van der Waals surface area (Å²) in [7, 11) is 4.57. The molecule has 0 N–H and O–H groups in total. The third-order valence-electron chi connectivity index (χ3n) is 5.14. The monoisotopic (exact) mass is 398 g/mol. The van der Waals surface area contributed by atoms with Crippen LogP contribution >= 0.6 is 0 Å². The predicted octanol–water partition coefficient (Wildman–Crippen LogP) is 2.88. The second-order valence-corrected chi connectivity index (χ2v) is 6.76. The third kappa shape index (κ3) is 4.13. The van der Waals surface area contributed by atoms with Gasteiger partial charge in [-0.1, -0.05) is 0 Å². The molecule has 2 aromatic rings. The molecule has 1 fully saturated rings. The zero-order chi connectivity index (χ0) is 21.0. The molecule has 1 amide bonds. The Hall–Kier alpha value is -3.22. The van der Waals surface area contributed by atoms with E-state index in [9.17, 15) is 9.59 Å². The summed E-state index contributed by atoms with van der Waals surface area (Å²) in [5.41, 5.74) is 2.19. The Bertz CT molecular complexity index is 887. The number of methoxy groups -OCH3 is 3. The number of carbonyl (C=O) groups is 2. The largest absolute Gasteiger partial charge is 0.493 e. The molecule has 0 aliphatic carbocycles. The molecule has 0 atom stereocenters. The maximum atomic E-state index is 13.1. The van der Waals surface area contributed by atoms with E-state index in [2.05, 4.69) is 4.90 Å². The number of amides is 1. The van der Waals surface area contributed by atoms with Crippen molar-refractivity contribution in [3.05, 3.63) is 47.5 Å². The fourth-order valence-corrected chi connectivity index (χ4v) is 3.51. The molecule has 0 radical (unpaired) electrons. The highest BCUT2D eigenvalue weighted by Crippen LogP contribution is 2.40. The van der Waals surface area contributed by atoms with Crippen molar-refractivity contribution in [1.29, 1.82) is 0 Å². The maximum absolute atomic E-state index is 13.1. The second kappa shape index (κ2) is 8.86. The molecule has 7 nitrogen and oxygen atoms in total. The van der Waals surface area contributed by atoms with Crippen LogP contribution < -0.4 is 19.1 Å². The quantitative estimate of drug-likeness (QED) is 0.697. The molecule has 1 aliphatic rings. The van der Waals surface area contributed by atoms with E-state index in [0.717, 1.165) is 5.69 Å². The summed E-state index contributed by atoms with van der Waals surface area (Å²) in [4.78, 5) is 28.6. The van der Waals surface area contributed by atoms with Crippen molar-refractivity contribution in [2.75, 3.05) is 52.4 Å². The molecule has 154 valence electrons. The van der Waals surface area contributed by atoms with Crippen LogP contribution in [0.15, 0.2) is 36.4 Å². The van der Waals surface area contributed by atoms with E-state index in [1.807, 2.05) is 29.2 Å². The number of ketones is 1. The number of piperazine rings is 1. The van der Waals surface area contributed by atoms with E-state index < -0.39 is 0 Å². The van der Waals surface area contributed by atoms with E-state index in [1.54, 1.807) is 26.2 Å². The minimum Gasteiger partial charge on any atom is -0.493 e. The molecule has 1 heterocycles. The zero-order valence-corrected chi connectivity index (χ0v) is 17.2. The Kier molecular flexibility index (Phi) is 6.26. The van der Waals surface area contributed by atoms with Crippen LogP contribution in [0.4, 0.5) is 5.69 Å². The van der Waals surface area contributed by atoms with Crippen LogP contribution in [0.25, 0.3) is 0 Å². The number of hydrogen-bond donors (Lipinski definition) is 0. The number of benzene rings is 2. The molecule has 29 heavy (non-hydrogen) atoms. The highest BCUT2D eigenvalue weighted by atomic mass is 16.5. The summed E-state index contributed by atoms with van der Waals surface area (Å²) < 4.78 is 16.1. The summed E-state index contributed by atoms with van der Waals surface area (Å²) in [6.45, 7) is 4.15. The molecule has 1 aliphatic heterocycles. The van der Waals surface area contributed by atoms with Crippen LogP contribution in [0, 0.1) is 0 Å². The Morgan fingerprint density at radius 2 is 1.41 bits per heavy atom. The van der Waals surface area contributed by atoms with Crippen LogP contribution in [0.5, 0.6) is 17.2 Å². The van der Waals surface area contributed by atoms with Gasteiger partial charge in [-0.25, -0.2) is 0 Å². The average Bonchev–Trinajstić information content (AvgIpc) is 2.77. The Morgan fingerprint density at radius 1 is 0.793 bits per heavy atom. The van der Waals surface area contributed by atoms with Crippen molar-refractivity contribution in [2.45, 2.75) is 6.92 Å². The number of rotatable bonds is 6. The van der Waals surface area contributed by atoms with Crippen LogP contribution in [0.2, 0.25) is 0 Å². The number of Topliss-reactive ketones (excluding diaryl/α,β-unsaturated/α-hetero) is 1. The number of hydrogen-bond acceptors (Lipinski definition) is 6. The summed E-state index contributed by atoms with van der Waals surface area (Å²) in [5.74, 6) is 1.24. The smallest absolute Gasteiger partial charge is 0.257 e. The van der Waals surface area contributed by atoms with Gasteiger partial charge in [0.05, 0.1) is 26.9 Å². The first-order valence-corrected chi connectivity index (χ1v) is 9.44. The summed E-state index contributed by atoms with van der Waals surface area (Å²) >= 11 is 0. The topological polar surface area (TPSA) is 68.3 Å². The van der Waals surface area contributed by atoms with Gasteiger partial charge in [-0.3, -0.25) is 9.59 Å². The van der Waals surface area contributed by atoms with Gasteiger partial charge in [-0.15, -0.1) is 0 Å². The van der Waals surface area contributed by atoms with Crippen LogP contribution in [0.1, 0.15) is 27.6 Å². The van der Waals surface area contributed by atoms with Crippen molar-refractivity contribution < 1.29 is 23.8 Å². The van der Waals surface area contributed by atoms with Gasteiger partial charge in [0.25, 0.3) is 5.91 Å². The molecule has 0 spiro atoms. The van der Waals surface area contributed by atoms with Crippen LogP contribution in [-0.4, -0.2) is 64.1 Å². The lowest BCUT2D eigenvalue weighted by Crippen LogP contribution is -2.48. The van der Waals surface area contributed by atoms with Crippen molar-refractivity contribution in [3.8, 4) is 17.2 Å². The lowest BCUT2D eigenvalue weighted by atomic mass is 10.1. The fourth-order valence-electron chi connectivity index (χ4n) is 3.51. The van der Waals surface area contributed by atoms with E-state index in [-0.39, 0.29) is 11.7 Å². The van der Waals surface area contributed by atoms with E-state index in [1.165, 1.54) is 14.2 Å². The van der Waals surface area contributed by atoms with Gasteiger partial charge in [0.2, 0.25) is 5.75 Å². The Labute approximate surface area is 170 Å². The SMILES string of the molecule is COc1ccc(C(=O)N2CCN(c3ccc(C(C)=O)cc3)CC2)c(OC)c1OC. The van der Waals surface area contributed by atoms with E-state index in [0.29, 0.717) is 54.6 Å². The predicted molar refractivity (Wildman–Crippen MR) is 111 cm³/mol. The van der Waals surface area contributed by atoms with Crippen LogP contribution in [0.3, 0.4) is 0 Å². The molecule has 2 aromatic carbocycles. The first-order chi connectivity index (χ1) is 14.0. The van der Waals surface area contributed by atoms with Crippen molar-refractivity contribution >= 4 is 17.4 Å². The first-order valence-electron chi connectivity index (χ1n) is 9.44. The number of ether oxygens (including phenoxy) is 3. The lowest BCUT2D eigenvalue weighted by Gasteiger charge is -2.36. The summed E-state index contributed by atoms with van der Waals surface area (Å²) in [5, 5.41) is 0. The highest BCUT2D eigenvalue weighted by molar-refractivity contribution is 5.98. The molecular formula is C22H26N2O5. The Balaban J connectivity index is 1.72. The third-order valence-corrected chi connectivity index (χ3v) is 5.14. The molecule has 7 heteroatoms. The van der Waals surface area contributed by atoms with E-state index in [4.69, 9.17) is 14.2 Å². The van der Waals surface area contributed by atoms with Gasteiger partial charge in [0.1, 0.15) is 0 Å². The normalized spacial score (nSPS) is 13.8. The molecule has 0 unspecified atom stereocenters. The van der Waals surface area contributed by atoms with Crippen molar-refractivity contribution in [2.24, 2.45) is 0 Å². The van der Waals surface area contributed by atoms with Gasteiger partial charge in [0, 0.05) is 37.4 Å². The molecule has 3 rings (SSSR count). The van der Waals surface area contributed by atoms with Crippen molar-refractivity contribution in [1.82, 2.24) is 4.90 Å². The van der Waals surface area contributed by atoms with Gasteiger partial charge in [-0.2, -0.15) is 0 Å². The molecule has 0 aromatic heterocycles. The number of anilines is 1. The molecular weight excluding hydrogens is 372 g/mol. The zero-order valence-electron chi connectivity index (χ0n) is 17.2. The number of nitrogens with zero attached hydrogens (tertiary/aromatic N) is 2.